The lowest BCUT2D eigenvalue weighted by Crippen LogP contribution is -2.54. The van der Waals surface area contributed by atoms with Gasteiger partial charge in [0, 0.05) is 18.2 Å². The molecule has 3 aliphatic rings. The normalized spacial score (nSPS) is 25.5. The molecule has 4 rings (SSSR count). The lowest BCUT2D eigenvalue weighted by molar-refractivity contribution is -0.161. The minimum Gasteiger partial charge on any atom is -0.460 e. The number of piperidine rings is 1. The van der Waals surface area contributed by atoms with E-state index in [1.54, 1.807) is 18.2 Å². The molecule has 176 valence electrons. The van der Waals surface area contributed by atoms with Crippen molar-refractivity contribution in [2.24, 2.45) is 5.92 Å². The van der Waals surface area contributed by atoms with Crippen LogP contribution in [-0.2, 0) is 19.1 Å². The molecule has 1 unspecified atom stereocenters. The highest BCUT2D eigenvalue weighted by Gasteiger charge is 2.45. The number of carbonyl (C=O) groups is 5. The highest BCUT2D eigenvalue weighted by atomic mass is 16.6. The summed E-state index contributed by atoms with van der Waals surface area (Å²) >= 11 is 0. The van der Waals surface area contributed by atoms with Gasteiger partial charge in [0.2, 0.25) is 11.8 Å². The van der Waals surface area contributed by atoms with E-state index in [1.165, 1.54) is 0 Å². The van der Waals surface area contributed by atoms with Crippen molar-refractivity contribution < 1.29 is 28.7 Å². The second-order valence-corrected chi connectivity index (χ2v) is 9.90. The Morgan fingerprint density at radius 2 is 1.73 bits per heavy atom. The Kier molecular flexibility index (Phi) is 5.99. The summed E-state index contributed by atoms with van der Waals surface area (Å²) in [6.07, 6.45) is 3.01. The van der Waals surface area contributed by atoms with Crippen molar-refractivity contribution in [3.63, 3.8) is 0 Å². The average molecular weight is 456 g/mol. The van der Waals surface area contributed by atoms with Gasteiger partial charge in [0.1, 0.15) is 11.6 Å². The van der Waals surface area contributed by atoms with E-state index in [2.05, 4.69) is 10.6 Å². The largest absolute Gasteiger partial charge is 0.460 e. The number of carbonyl (C=O) groups excluding carboxylic acids is 5. The highest BCUT2D eigenvalue weighted by molar-refractivity contribution is 6.25. The third-order valence-electron chi connectivity index (χ3n) is 6.30. The van der Waals surface area contributed by atoms with E-state index in [0.717, 1.165) is 17.7 Å². The van der Waals surface area contributed by atoms with Crippen molar-refractivity contribution in [3.8, 4) is 0 Å². The van der Waals surface area contributed by atoms with Crippen LogP contribution in [0.2, 0.25) is 0 Å². The summed E-state index contributed by atoms with van der Waals surface area (Å²) in [5, 5.41) is 5.58. The van der Waals surface area contributed by atoms with Gasteiger partial charge < -0.3 is 10.1 Å². The number of hydrogen-bond acceptors (Lipinski definition) is 7. The number of fused-ring (bicyclic) bond motifs is 1. The van der Waals surface area contributed by atoms with Crippen molar-refractivity contribution in [1.29, 1.82) is 0 Å². The molecule has 9 heteroatoms. The van der Waals surface area contributed by atoms with Gasteiger partial charge in [-0.2, -0.15) is 0 Å². The van der Waals surface area contributed by atoms with Gasteiger partial charge in [-0.1, -0.05) is 6.07 Å². The van der Waals surface area contributed by atoms with Gasteiger partial charge in [0.25, 0.3) is 11.8 Å². The maximum atomic E-state index is 13.2. The molecule has 4 amide bonds. The number of anilines is 1. The van der Waals surface area contributed by atoms with Gasteiger partial charge in [-0.15, -0.1) is 0 Å². The van der Waals surface area contributed by atoms with Crippen molar-refractivity contribution in [3.05, 3.63) is 29.3 Å². The lowest BCUT2D eigenvalue weighted by Gasteiger charge is -2.31. The Labute approximate surface area is 192 Å². The smallest absolute Gasteiger partial charge is 0.309 e. The van der Waals surface area contributed by atoms with Gasteiger partial charge >= 0.3 is 5.97 Å². The van der Waals surface area contributed by atoms with Crippen molar-refractivity contribution in [2.45, 2.75) is 77.0 Å². The van der Waals surface area contributed by atoms with Crippen LogP contribution in [0.25, 0.3) is 0 Å². The molecule has 9 nitrogen and oxygen atoms in total. The zero-order valence-electron chi connectivity index (χ0n) is 19.1. The highest BCUT2D eigenvalue weighted by Crippen LogP contribution is 2.35. The van der Waals surface area contributed by atoms with E-state index in [9.17, 15) is 24.0 Å². The Morgan fingerprint density at radius 1 is 1.03 bits per heavy atom. The first kappa shape index (κ1) is 22.9. The Morgan fingerprint density at radius 3 is 2.36 bits per heavy atom. The summed E-state index contributed by atoms with van der Waals surface area (Å²) in [6.45, 7) is 5.55. The molecule has 1 atom stereocenters. The molecule has 1 aromatic carbocycles. The molecule has 2 aliphatic heterocycles. The Bertz CT molecular complexity index is 1020. The molecule has 1 saturated heterocycles. The monoisotopic (exact) mass is 455 g/mol. The first-order valence-corrected chi connectivity index (χ1v) is 11.4. The molecule has 1 aliphatic carbocycles. The third-order valence-corrected chi connectivity index (χ3v) is 6.30. The topological polar surface area (TPSA) is 122 Å². The molecular formula is C24H29N3O6. The molecule has 2 fully saturated rings. The first-order valence-electron chi connectivity index (χ1n) is 11.4. The summed E-state index contributed by atoms with van der Waals surface area (Å²) in [5.41, 5.74) is 0.526. The average Bonchev–Trinajstić information content (AvgIpc) is 2.99. The first-order chi connectivity index (χ1) is 15.5. The molecule has 1 saturated carbocycles. The van der Waals surface area contributed by atoms with Crippen LogP contribution in [-0.4, -0.2) is 52.2 Å². The molecule has 33 heavy (non-hydrogen) atoms. The number of esters is 1. The van der Waals surface area contributed by atoms with Crippen LogP contribution in [0, 0.1) is 5.92 Å². The predicted molar refractivity (Wildman–Crippen MR) is 118 cm³/mol. The number of amides is 4. The fourth-order valence-electron chi connectivity index (χ4n) is 4.71. The third kappa shape index (κ3) is 4.62. The van der Waals surface area contributed by atoms with Crippen LogP contribution >= 0.6 is 0 Å². The zero-order valence-corrected chi connectivity index (χ0v) is 19.1. The van der Waals surface area contributed by atoms with Gasteiger partial charge in [0.05, 0.1) is 17.0 Å². The van der Waals surface area contributed by atoms with Crippen LogP contribution in [0.4, 0.5) is 5.69 Å². The van der Waals surface area contributed by atoms with Gasteiger partial charge in [0.15, 0.2) is 0 Å². The Balaban J connectivity index is 1.45. The van der Waals surface area contributed by atoms with E-state index >= 15 is 0 Å². The van der Waals surface area contributed by atoms with Crippen LogP contribution < -0.4 is 10.6 Å². The molecule has 1 aromatic rings. The minimum atomic E-state index is -0.993. The molecule has 0 spiro atoms. The maximum Gasteiger partial charge on any atom is 0.309 e. The second-order valence-electron chi connectivity index (χ2n) is 9.90. The molecular weight excluding hydrogens is 426 g/mol. The molecule has 0 aromatic heterocycles. The lowest BCUT2D eigenvalue weighted by atomic mass is 9.85. The van der Waals surface area contributed by atoms with Crippen molar-refractivity contribution in [2.75, 3.05) is 5.32 Å². The van der Waals surface area contributed by atoms with Crippen molar-refractivity contribution >= 4 is 35.3 Å². The number of imide groups is 2. The fraction of sp³-hybridized carbons (Fsp3) is 0.542. The SMILES string of the molecule is CC(C)(C)OC(=O)C1CCC(Nc2cccc3c2C(=O)N(C2CCC(=O)NC2=O)C3=O)CC1. The van der Waals surface area contributed by atoms with E-state index in [4.69, 9.17) is 4.74 Å². The fourth-order valence-corrected chi connectivity index (χ4v) is 4.71. The zero-order chi connectivity index (χ0) is 23.9. The summed E-state index contributed by atoms with van der Waals surface area (Å²) in [6, 6.07) is 4.08. The molecule has 2 N–H and O–H groups in total. The van der Waals surface area contributed by atoms with E-state index in [-0.39, 0.29) is 41.9 Å². The number of nitrogens with zero attached hydrogens (tertiary/aromatic N) is 1. The van der Waals surface area contributed by atoms with Crippen LogP contribution in [0.15, 0.2) is 18.2 Å². The minimum absolute atomic E-state index is 0.0442. The number of benzene rings is 1. The summed E-state index contributed by atoms with van der Waals surface area (Å²) in [7, 11) is 0. The number of ether oxygens (including phenoxy) is 1. The summed E-state index contributed by atoms with van der Waals surface area (Å²) in [4.78, 5) is 63.3. The molecule has 2 heterocycles. The number of hydrogen-bond donors (Lipinski definition) is 2. The maximum absolute atomic E-state index is 13.2. The van der Waals surface area contributed by atoms with Crippen molar-refractivity contribution in [1.82, 2.24) is 10.2 Å². The summed E-state index contributed by atoms with van der Waals surface area (Å²) in [5.74, 6) is -2.41. The van der Waals surface area contributed by atoms with Crippen LogP contribution in [0.5, 0.6) is 0 Å². The number of rotatable bonds is 4. The van der Waals surface area contributed by atoms with Crippen LogP contribution in [0.3, 0.4) is 0 Å². The predicted octanol–water partition coefficient (Wildman–Crippen LogP) is 2.40. The second kappa shape index (κ2) is 8.61. The van der Waals surface area contributed by atoms with E-state index in [1.807, 2.05) is 20.8 Å². The van der Waals surface area contributed by atoms with Gasteiger partial charge in [-0.3, -0.25) is 34.2 Å². The number of nitrogens with one attached hydrogen (secondary N) is 2. The van der Waals surface area contributed by atoms with E-state index < -0.39 is 35.3 Å². The van der Waals surface area contributed by atoms with E-state index in [0.29, 0.717) is 18.5 Å². The quantitative estimate of drug-likeness (QED) is 0.528. The molecule has 0 radical (unpaired) electrons. The Hall–Kier alpha value is -3.23. The van der Waals surface area contributed by atoms with Crippen LogP contribution in [0.1, 0.15) is 80.0 Å². The van der Waals surface area contributed by atoms with Gasteiger partial charge in [-0.25, -0.2) is 0 Å². The molecule has 0 bridgehead atoms. The standard InChI is InChI=1S/C24H29N3O6/c1-24(2,3)33-23(32)13-7-9-14(10-8-13)25-16-6-4-5-15-19(16)22(31)27(21(15)30)17-11-12-18(28)26-20(17)29/h4-6,13-14,17,25H,7-12H2,1-3H3,(H,26,28,29). The van der Waals surface area contributed by atoms with Gasteiger partial charge in [-0.05, 0) is 65.0 Å². The summed E-state index contributed by atoms with van der Waals surface area (Å²) < 4.78 is 5.50.